The van der Waals surface area contributed by atoms with Gasteiger partial charge in [0.05, 0.1) is 6.54 Å². The monoisotopic (exact) mass is 238 g/mol. The lowest BCUT2D eigenvalue weighted by atomic mass is 10.1. The second-order valence-corrected chi connectivity index (χ2v) is 4.49. The van der Waals surface area contributed by atoms with Crippen molar-refractivity contribution in [2.24, 2.45) is 0 Å². The van der Waals surface area contributed by atoms with Crippen LogP contribution < -0.4 is 5.32 Å². The summed E-state index contributed by atoms with van der Waals surface area (Å²) in [4.78, 5) is 4.29. The summed E-state index contributed by atoms with van der Waals surface area (Å²) >= 11 is 0. The maximum Gasteiger partial charge on any atom is 0.140 e. The molecule has 0 fully saturated rings. The summed E-state index contributed by atoms with van der Waals surface area (Å²) < 4.78 is 2.04. The van der Waals surface area contributed by atoms with Crippen LogP contribution in [0.5, 0.6) is 0 Å². The standard InChI is InChI=1S/C13H26N4/c1-3-5-6-7-8-10-17-13(15-12-16-17)11-14-9-4-2/h12,14H,3-11H2,1-2H3. The van der Waals surface area contributed by atoms with Crippen molar-refractivity contribution in [3.8, 4) is 0 Å². The Labute approximate surface area is 105 Å². The van der Waals surface area contributed by atoms with E-state index in [2.05, 4.69) is 29.2 Å². The molecule has 98 valence electrons. The molecule has 1 aromatic heterocycles. The number of nitrogens with zero attached hydrogens (tertiary/aromatic N) is 3. The lowest BCUT2D eigenvalue weighted by molar-refractivity contribution is 0.502. The van der Waals surface area contributed by atoms with Crippen LogP contribution in [0.25, 0.3) is 0 Å². The van der Waals surface area contributed by atoms with Crippen molar-refractivity contribution >= 4 is 0 Å². The normalized spacial score (nSPS) is 10.9. The number of unbranched alkanes of at least 4 members (excludes halogenated alkanes) is 4. The van der Waals surface area contributed by atoms with Gasteiger partial charge < -0.3 is 5.32 Å². The fraction of sp³-hybridized carbons (Fsp3) is 0.846. The summed E-state index contributed by atoms with van der Waals surface area (Å²) in [5.41, 5.74) is 0. The third kappa shape index (κ3) is 5.82. The summed E-state index contributed by atoms with van der Waals surface area (Å²) in [6, 6.07) is 0. The Balaban J connectivity index is 2.20. The van der Waals surface area contributed by atoms with E-state index < -0.39 is 0 Å². The molecule has 0 radical (unpaired) electrons. The maximum absolute atomic E-state index is 4.29. The highest BCUT2D eigenvalue weighted by atomic mass is 15.3. The minimum Gasteiger partial charge on any atom is -0.310 e. The van der Waals surface area contributed by atoms with Gasteiger partial charge in [-0.1, -0.05) is 39.5 Å². The predicted molar refractivity (Wildman–Crippen MR) is 70.8 cm³/mol. The molecule has 0 amide bonds. The predicted octanol–water partition coefficient (Wildman–Crippen LogP) is 2.75. The van der Waals surface area contributed by atoms with Crippen LogP contribution in [0, 0.1) is 0 Å². The quantitative estimate of drug-likeness (QED) is 0.637. The summed E-state index contributed by atoms with van der Waals surface area (Å²) in [5.74, 6) is 1.06. The number of aryl methyl sites for hydroxylation is 1. The Bertz CT molecular complexity index is 283. The molecule has 1 aromatic rings. The molecule has 4 nitrogen and oxygen atoms in total. The van der Waals surface area contributed by atoms with Crippen LogP contribution in [0.4, 0.5) is 0 Å². The fourth-order valence-corrected chi connectivity index (χ4v) is 1.85. The highest BCUT2D eigenvalue weighted by Crippen LogP contribution is 2.04. The zero-order valence-corrected chi connectivity index (χ0v) is 11.3. The Morgan fingerprint density at radius 2 is 1.94 bits per heavy atom. The molecule has 0 aliphatic carbocycles. The van der Waals surface area contributed by atoms with Crippen molar-refractivity contribution in [2.75, 3.05) is 6.54 Å². The zero-order valence-electron chi connectivity index (χ0n) is 11.3. The van der Waals surface area contributed by atoms with Crippen molar-refractivity contribution in [1.29, 1.82) is 0 Å². The molecular formula is C13H26N4. The van der Waals surface area contributed by atoms with Crippen molar-refractivity contribution < 1.29 is 0 Å². The average molecular weight is 238 g/mol. The molecule has 0 aliphatic heterocycles. The second-order valence-electron chi connectivity index (χ2n) is 4.49. The molecule has 0 unspecified atom stereocenters. The first kappa shape index (κ1) is 14.2. The summed E-state index contributed by atoms with van der Waals surface area (Å²) in [6.45, 7) is 7.30. The van der Waals surface area contributed by atoms with Gasteiger partial charge in [-0.2, -0.15) is 5.10 Å². The van der Waals surface area contributed by atoms with Crippen LogP contribution in [0.3, 0.4) is 0 Å². The van der Waals surface area contributed by atoms with Crippen LogP contribution in [0.2, 0.25) is 0 Å². The van der Waals surface area contributed by atoms with Crippen LogP contribution in [0.15, 0.2) is 6.33 Å². The fourth-order valence-electron chi connectivity index (χ4n) is 1.85. The summed E-state index contributed by atoms with van der Waals surface area (Å²) in [5, 5.41) is 7.64. The number of nitrogens with one attached hydrogen (secondary N) is 1. The molecule has 0 saturated heterocycles. The van der Waals surface area contributed by atoms with E-state index in [-0.39, 0.29) is 0 Å². The number of hydrogen-bond acceptors (Lipinski definition) is 3. The Kier molecular flexibility index (Phi) is 7.63. The van der Waals surface area contributed by atoms with Gasteiger partial charge in [-0.05, 0) is 19.4 Å². The molecule has 0 bridgehead atoms. The first-order valence-corrected chi connectivity index (χ1v) is 6.95. The van der Waals surface area contributed by atoms with Crippen LogP contribution in [0.1, 0.15) is 58.2 Å². The number of rotatable bonds is 10. The van der Waals surface area contributed by atoms with Gasteiger partial charge in [-0.3, -0.25) is 0 Å². The Morgan fingerprint density at radius 1 is 1.12 bits per heavy atom. The topological polar surface area (TPSA) is 42.7 Å². The van der Waals surface area contributed by atoms with Crippen molar-refractivity contribution in [1.82, 2.24) is 20.1 Å². The largest absolute Gasteiger partial charge is 0.310 e. The molecule has 0 aliphatic rings. The first-order chi connectivity index (χ1) is 8.38. The first-order valence-electron chi connectivity index (χ1n) is 6.95. The number of aromatic nitrogens is 3. The smallest absolute Gasteiger partial charge is 0.140 e. The van der Waals surface area contributed by atoms with Gasteiger partial charge in [0, 0.05) is 6.54 Å². The van der Waals surface area contributed by atoms with E-state index in [0.717, 1.165) is 31.9 Å². The van der Waals surface area contributed by atoms with Crippen LogP contribution in [-0.4, -0.2) is 21.3 Å². The van der Waals surface area contributed by atoms with E-state index >= 15 is 0 Å². The van der Waals surface area contributed by atoms with E-state index in [9.17, 15) is 0 Å². The molecule has 0 atom stereocenters. The zero-order chi connectivity index (χ0) is 12.3. The van der Waals surface area contributed by atoms with Gasteiger partial charge in [-0.25, -0.2) is 9.67 Å². The van der Waals surface area contributed by atoms with Crippen molar-refractivity contribution in [3.63, 3.8) is 0 Å². The van der Waals surface area contributed by atoms with Crippen molar-refractivity contribution in [3.05, 3.63) is 12.2 Å². The van der Waals surface area contributed by atoms with Gasteiger partial charge in [0.1, 0.15) is 12.2 Å². The maximum atomic E-state index is 4.29. The van der Waals surface area contributed by atoms with Crippen LogP contribution >= 0.6 is 0 Å². The molecule has 1 heterocycles. The van der Waals surface area contributed by atoms with E-state index in [0.29, 0.717) is 0 Å². The lowest BCUT2D eigenvalue weighted by Gasteiger charge is -2.06. The third-order valence-electron chi connectivity index (χ3n) is 2.88. The van der Waals surface area contributed by atoms with E-state index in [1.54, 1.807) is 6.33 Å². The van der Waals surface area contributed by atoms with Gasteiger partial charge >= 0.3 is 0 Å². The molecule has 0 aromatic carbocycles. The molecule has 0 spiro atoms. The summed E-state index contributed by atoms with van der Waals surface area (Å²) in [6.07, 6.45) is 9.33. The Hall–Kier alpha value is -0.900. The SMILES string of the molecule is CCCCCCCn1ncnc1CNCCC. The highest BCUT2D eigenvalue weighted by molar-refractivity contribution is 4.83. The average Bonchev–Trinajstić information content (AvgIpc) is 2.77. The van der Waals surface area contributed by atoms with E-state index in [1.807, 2.05) is 4.68 Å². The third-order valence-corrected chi connectivity index (χ3v) is 2.88. The lowest BCUT2D eigenvalue weighted by Crippen LogP contribution is -2.18. The molecule has 17 heavy (non-hydrogen) atoms. The van der Waals surface area contributed by atoms with E-state index in [1.165, 1.54) is 32.1 Å². The molecule has 1 rings (SSSR count). The van der Waals surface area contributed by atoms with Gasteiger partial charge in [0.2, 0.25) is 0 Å². The molecule has 1 N–H and O–H groups in total. The number of hydrogen-bond donors (Lipinski definition) is 1. The van der Waals surface area contributed by atoms with Crippen molar-refractivity contribution in [2.45, 2.75) is 65.5 Å². The highest BCUT2D eigenvalue weighted by Gasteiger charge is 2.02. The minimum atomic E-state index is 0.836. The molecular weight excluding hydrogens is 212 g/mol. The molecule has 0 saturated carbocycles. The van der Waals surface area contributed by atoms with Gasteiger partial charge in [0.25, 0.3) is 0 Å². The second kappa shape index (κ2) is 9.16. The van der Waals surface area contributed by atoms with Gasteiger partial charge in [-0.15, -0.1) is 0 Å². The molecule has 4 heteroatoms. The van der Waals surface area contributed by atoms with Gasteiger partial charge in [0.15, 0.2) is 0 Å². The van der Waals surface area contributed by atoms with Crippen LogP contribution in [-0.2, 0) is 13.1 Å². The van der Waals surface area contributed by atoms with E-state index in [4.69, 9.17) is 0 Å². The Morgan fingerprint density at radius 3 is 2.71 bits per heavy atom. The minimum absolute atomic E-state index is 0.836. The summed E-state index contributed by atoms with van der Waals surface area (Å²) in [7, 11) is 0.